The van der Waals surface area contributed by atoms with Crippen molar-refractivity contribution in [3.63, 3.8) is 0 Å². The van der Waals surface area contributed by atoms with E-state index in [-0.39, 0.29) is 24.6 Å². The van der Waals surface area contributed by atoms with Crippen LogP contribution in [0.1, 0.15) is 28.1 Å². The maximum atomic E-state index is 12.5. The second-order valence-electron chi connectivity index (χ2n) is 4.80. The van der Waals surface area contributed by atoms with Gasteiger partial charge in [-0.2, -0.15) is 0 Å². The van der Waals surface area contributed by atoms with Crippen LogP contribution < -0.4 is 4.90 Å². The standard InChI is InChI=1S/C16H17NO4/c1-11-5-3-6-13(12(11)2)17(9-8-15(18)19)16(20)14-7-4-10-21-14/h3-7,10H,8-9H2,1-2H3,(H,18,19). The van der Waals surface area contributed by atoms with Gasteiger partial charge in [0, 0.05) is 12.2 Å². The highest BCUT2D eigenvalue weighted by Gasteiger charge is 2.22. The third kappa shape index (κ3) is 3.31. The number of hydrogen-bond donors (Lipinski definition) is 1. The van der Waals surface area contributed by atoms with Crippen molar-refractivity contribution in [2.24, 2.45) is 0 Å². The number of furan rings is 1. The van der Waals surface area contributed by atoms with E-state index in [1.807, 2.05) is 32.0 Å². The molecule has 21 heavy (non-hydrogen) atoms. The lowest BCUT2D eigenvalue weighted by Crippen LogP contribution is -2.33. The zero-order chi connectivity index (χ0) is 15.4. The first-order valence-corrected chi connectivity index (χ1v) is 6.64. The van der Waals surface area contributed by atoms with Gasteiger partial charge < -0.3 is 14.4 Å². The summed E-state index contributed by atoms with van der Waals surface area (Å²) in [7, 11) is 0. The summed E-state index contributed by atoms with van der Waals surface area (Å²) in [6, 6.07) is 8.81. The topological polar surface area (TPSA) is 70.8 Å². The first-order valence-electron chi connectivity index (χ1n) is 6.64. The molecule has 1 heterocycles. The molecule has 1 aromatic carbocycles. The summed E-state index contributed by atoms with van der Waals surface area (Å²) in [6.45, 7) is 3.96. The van der Waals surface area contributed by atoms with Crippen LogP contribution in [-0.4, -0.2) is 23.5 Å². The predicted octanol–water partition coefficient (Wildman–Crippen LogP) is 3.02. The summed E-state index contributed by atoms with van der Waals surface area (Å²) in [5.74, 6) is -1.09. The molecule has 0 atom stereocenters. The summed E-state index contributed by atoms with van der Waals surface area (Å²) in [6.07, 6.45) is 1.30. The monoisotopic (exact) mass is 287 g/mol. The molecule has 0 fully saturated rings. The van der Waals surface area contributed by atoms with Crippen molar-refractivity contribution >= 4 is 17.6 Å². The zero-order valence-corrected chi connectivity index (χ0v) is 12.0. The smallest absolute Gasteiger partial charge is 0.305 e. The molecule has 0 aliphatic carbocycles. The molecule has 1 N–H and O–H groups in total. The van der Waals surface area contributed by atoms with E-state index in [1.54, 1.807) is 12.1 Å². The number of carboxylic acid groups (broad SMARTS) is 1. The minimum absolute atomic E-state index is 0.0964. The lowest BCUT2D eigenvalue weighted by atomic mass is 10.1. The van der Waals surface area contributed by atoms with Crippen LogP contribution in [0.25, 0.3) is 0 Å². The van der Waals surface area contributed by atoms with Crippen molar-refractivity contribution in [3.8, 4) is 0 Å². The minimum Gasteiger partial charge on any atom is -0.481 e. The van der Waals surface area contributed by atoms with E-state index in [9.17, 15) is 9.59 Å². The van der Waals surface area contributed by atoms with E-state index in [0.717, 1.165) is 11.1 Å². The van der Waals surface area contributed by atoms with Crippen LogP contribution in [0.5, 0.6) is 0 Å². The van der Waals surface area contributed by atoms with Gasteiger partial charge in [-0.15, -0.1) is 0 Å². The lowest BCUT2D eigenvalue weighted by Gasteiger charge is -2.23. The number of carbonyl (C=O) groups excluding carboxylic acids is 1. The lowest BCUT2D eigenvalue weighted by molar-refractivity contribution is -0.136. The number of amides is 1. The molecule has 1 aromatic heterocycles. The van der Waals surface area contributed by atoms with Gasteiger partial charge in [0.2, 0.25) is 0 Å². The fourth-order valence-electron chi connectivity index (χ4n) is 2.10. The van der Waals surface area contributed by atoms with Gasteiger partial charge >= 0.3 is 5.97 Å². The summed E-state index contributed by atoms with van der Waals surface area (Å²) < 4.78 is 5.14. The quantitative estimate of drug-likeness (QED) is 0.917. The van der Waals surface area contributed by atoms with Crippen LogP contribution in [0, 0.1) is 13.8 Å². The van der Waals surface area contributed by atoms with E-state index in [1.165, 1.54) is 11.2 Å². The second kappa shape index (κ2) is 6.26. The van der Waals surface area contributed by atoms with Crippen molar-refractivity contribution in [2.45, 2.75) is 20.3 Å². The number of carbonyl (C=O) groups is 2. The molecule has 0 spiro atoms. The predicted molar refractivity (Wildman–Crippen MR) is 78.6 cm³/mol. The molecule has 2 aromatic rings. The molecule has 5 nitrogen and oxygen atoms in total. The number of aryl methyl sites for hydroxylation is 1. The maximum absolute atomic E-state index is 12.5. The van der Waals surface area contributed by atoms with Crippen molar-refractivity contribution in [1.29, 1.82) is 0 Å². The van der Waals surface area contributed by atoms with Crippen molar-refractivity contribution in [1.82, 2.24) is 0 Å². The van der Waals surface area contributed by atoms with E-state index in [0.29, 0.717) is 5.69 Å². The van der Waals surface area contributed by atoms with E-state index < -0.39 is 5.97 Å². The Morgan fingerprint density at radius 1 is 1.19 bits per heavy atom. The molecular weight excluding hydrogens is 270 g/mol. The maximum Gasteiger partial charge on any atom is 0.305 e. The molecule has 0 saturated carbocycles. The third-order valence-electron chi connectivity index (χ3n) is 3.39. The van der Waals surface area contributed by atoms with Gasteiger partial charge in [-0.05, 0) is 43.2 Å². The molecule has 0 aliphatic rings. The summed E-state index contributed by atoms with van der Waals surface area (Å²) >= 11 is 0. The zero-order valence-electron chi connectivity index (χ0n) is 12.0. The van der Waals surface area contributed by atoms with Gasteiger partial charge in [0.05, 0.1) is 12.7 Å². The van der Waals surface area contributed by atoms with Gasteiger partial charge in [0.1, 0.15) is 0 Å². The largest absolute Gasteiger partial charge is 0.481 e. The number of carboxylic acids is 1. The first kappa shape index (κ1) is 14.8. The number of benzene rings is 1. The number of aliphatic carboxylic acids is 1. The van der Waals surface area contributed by atoms with Gasteiger partial charge in [0.15, 0.2) is 5.76 Å². The van der Waals surface area contributed by atoms with E-state index in [2.05, 4.69) is 0 Å². The SMILES string of the molecule is Cc1cccc(N(CCC(=O)O)C(=O)c2ccco2)c1C. The van der Waals surface area contributed by atoms with Crippen LogP contribution in [0.2, 0.25) is 0 Å². The summed E-state index contributed by atoms with van der Waals surface area (Å²) in [5, 5.41) is 8.88. The average Bonchev–Trinajstić information content (AvgIpc) is 2.97. The van der Waals surface area contributed by atoms with E-state index in [4.69, 9.17) is 9.52 Å². The second-order valence-corrected chi connectivity index (χ2v) is 4.80. The molecule has 0 aliphatic heterocycles. The van der Waals surface area contributed by atoms with Crippen LogP contribution in [0.3, 0.4) is 0 Å². The molecule has 5 heteroatoms. The normalized spacial score (nSPS) is 10.4. The number of nitrogens with zero attached hydrogens (tertiary/aromatic N) is 1. The average molecular weight is 287 g/mol. The third-order valence-corrected chi connectivity index (χ3v) is 3.39. The van der Waals surface area contributed by atoms with Gasteiger partial charge in [-0.25, -0.2) is 0 Å². The fourth-order valence-corrected chi connectivity index (χ4v) is 2.10. The highest BCUT2D eigenvalue weighted by molar-refractivity contribution is 6.04. The van der Waals surface area contributed by atoms with Crippen LogP contribution in [0.15, 0.2) is 41.0 Å². The molecule has 0 bridgehead atoms. The molecular formula is C16H17NO4. The Kier molecular flexibility index (Phi) is 4.42. The summed E-state index contributed by atoms with van der Waals surface area (Å²) in [5.41, 5.74) is 2.69. The van der Waals surface area contributed by atoms with Crippen molar-refractivity contribution < 1.29 is 19.1 Å². The van der Waals surface area contributed by atoms with Crippen LogP contribution in [0.4, 0.5) is 5.69 Å². The number of anilines is 1. The van der Waals surface area contributed by atoms with Crippen molar-refractivity contribution in [2.75, 3.05) is 11.4 Å². The Bertz CT molecular complexity index is 646. The Hall–Kier alpha value is -2.56. The Labute approximate surface area is 122 Å². The van der Waals surface area contributed by atoms with Gasteiger partial charge in [-0.1, -0.05) is 12.1 Å². The number of rotatable bonds is 5. The molecule has 0 saturated heterocycles. The fraction of sp³-hybridized carbons (Fsp3) is 0.250. The minimum atomic E-state index is -0.947. The van der Waals surface area contributed by atoms with Gasteiger partial charge in [-0.3, -0.25) is 9.59 Å². The Morgan fingerprint density at radius 3 is 2.57 bits per heavy atom. The highest BCUT2D eigenvalue weighted by atomic mass is 16.4. The van der Waals surface area contributed by atoms with Crippen molar-refractivity contribution in [3.05, 3.63) is 53.5 Å². The summed E-state index contributed by atoms with van der Waals surface area (Å²) in [4.78, 5) is 24.8. The molecule has 0 radical (unpaired) electrons. The van der Waals surface area contributed by atoms with Gasteiger partial charge in [0.25, 0.3) is 5.91 Å². The van der Waals surface area contributed by atoms with Crippen LogP contribution in [-0.2, 0) is 4.79 Å². The Balaban J connectivity index is 2.38. The Morgan fingerprint density at radius 2 is 1.95 bits per heavy atom. The highest BCUT2D eigenvalue weighted by Crippen LogP contribution is 2.24. The number of hydrogen-bond acceptors (Lipinski definition) is 3. The van der Waals surface area contributed by atoms with E-state index >= 15 is 0 Å². The molecule has 2 rings (SSSR count). The van der Waals surface area contributed by atoms with Crippen LogP contribution >= 0.6 is 0 Å². The molecule has 0 unspecified atom stereocenters. The molecule has 110 valence electrons. The molecule has 1 amide bonds. The first-order chi connectivity index (χ1) is 10.0.